The molecule has 3 rings (SSSR count). The first kappa shape index (κ1) is 18.6. The maximum Gasteiger partial charge on any atom is 0.196 e. The highest BCUT2D eigenvalue weighted by molar-refractivity contribution is 5.60. The van der Waals surface area contributed by atoms with Crippen LogP contribution in [0.3, 0.4) is 0 Å². The molecule has 2 N–H and O–H groups in total. The number of hydrogen-bond donors (Lipinski definition) is 2. The monoisotopic (exact) mass is 376 g/mol. The Morgan fingerprint density at radius 2 is 1.59 bits per heavy atom. The third-order valence-corrected chi connectivity index (χ3v) is 3.79. The van der Waals surface area contributed by atoms with Gasteiger partial charge in [0.15, 0.2) is 17.5 Å². The molecule has 0 atom stereocenters. The van der Waals surface area contributed by atoms with Gasteiger partial charge in [0, 0.05) is 12.6 Å². The van der Waals surface area contributed by atoms with Crippen molar-refractivity contribution in [3.8, 4) is 0 Å². The van der Waals surface area contributed by atoms with E-state index < -0.39 is 17.5 Å². The van der Waals surface area contributed by atoms with E-state index in [2.05, 4.69) is 20.6 Å². The highest BCUT2D eigenvalue weighted by Gasteiger charge is 2.14. The van der Waals surface area contributed by atoms with E-state index in [0.717, 1.165) is 12.1 Å². The molecule has 27 heavy (non-hydrogen) atoms. The molecule has 0 bridgehead atoms. The predicted octanol–water partition coefficient (Wildman–Crippen LogP) is 4.74. The number of anilines is 3. The topological polar surface area (TPSA) is 49.8 Å². The molecule has 0 aliphatic carbocycles. The molecule has 0 fully saturated rings. The van der Waals surface area contributed by atoms with E-state index in [0.29, 0.717) is 30.2 Å². The quantitative estimate of drug-likeness (QED) is 0.482. The zero-order valence-electron chi connectivity index (χ0n) is 14.4. The fourth-order valence-corrected chi connectivity index (χ4v) is 2.51. The lowest BCUT2D eigenvalue weighted by atomic mass is 10.1. The molecule has 0 aliphatic rings. The number of aromatic nitrogens is 2. The SMILES string of the molecule is Cc1nc(NCCc2ccccc2F)cc(Nc2ccc(F)c(F)c2F)n1. The van der Waals surface area contributed by atoms with Gasteiger partial charge in [-0.1, -0.05) is 18.2 Å². The fourth-order valence-electron chi connectivity index (χ4n) is 2.51. The molecule has 3 aromatic rings. The van der Waals surface area contributed by atoms with Crippen LogP contribution in [-0.4, -0.2) is 16.5 Å². The Labute approximate surface area is 153 Å². The van der Waals surface area contributed by atoms with Crippen LogP contribution in [0, 0.1) is 30.2 Å². The van der Waals surface area contributed by atoms with Crippen LogP contribution in [0.5, 0.6) is 0 Å². The van der Waals surface area contributed by atoms with Crippen molar-refractivity contribution in [3.63, 3.8) is 0 Å². The number of halogens is 4. The molecule has 8 heteroatoms. The molecule has 4 nitrogen and oxygen atoms in total. The molecular weight excluding hydrogens is 360 g/mol. The number of benzene rings is 2. The van der Waals surface area contributed by atoms with Crippen LogP contribution >= 0.6 is 0 Å². The van der Waals surface area contributed by atoms with Crippen LogP contribution in [0.2, 0.25) is 0 Å². The maximum atomic E-state index is 13.8. The molecular formula is C19H16F4N4. The summed E-state index contributed by atoms with van der Waals surface area (Å²) in [5.41, 5.74) is 0.322. The Morgan fingerprint density at radius 3 is 2.37 bits per heavy atom. The van der Waals surface area contributed by atoms with E-state index >= 15 is 0 Å². The van der Waals surface area contributed by atoms with E-state index in [1.807, 2.05) is 0 Å². The van der Waals surface area contributed by atoms with Crippen LogP contribution in [-0.2, 0) is 6.42 Å². The van der Waals surface area contributed by atoms with Gasteiger partial charge in [-0.05, 0) is 37.1 Å². The molecule has 1 heterocycles. The minimum Gasteiger partial charge on any atom is -0.370 e. The Bertz CT molecular complexity index is 962. The van der Waals surface area contributed by atoms with Gasteiger partial charge in [-0.25, -0.2) is 27.5 Å². The molecule has 2 aromatic carbocycles. The highest BCUT2D eigenvalue weighted by Crippen LogP contribution is 2.23. The minimum absolute atomic E-state index is 0.209. The average molecular weight is 376 g/mol. The minimum atomic E-state index is -1.56. The molecule has 0 saturated heterocycles. The number of rotatable bonds is 6. The second kappa shape index (κ2) is 8.03. The molecule has 140 valence electrons. The second-order valence-electron chi connectivity index (χ2n) is 5.80. The van der Waals surface area contributed by atoms with Gasteiger partial charge in [0.25, 0.3) is 0 Å². The van der Waals surface area contributed by atoms with Crippen molar-refractivity contribution in [2.45, 2.75) is 13.3 Å². The average Bonchev–Trinajstić information content (AvgIpc) is 2.63. The standard InChI is InChI=1S/C19H16F4N4/c1-11-25-16(24-9-8-12-4-2-3-5-13(12)20)10-17(26-11)27-15-7-6-14(21)18(22)19(15)23/h2-7,10H,8-9H2,1H3,(H2,24,25,26,27). The van der Waals surface area contributed by atoms with Gasteiger partial charge in [-0.15, -0.1) is 0 Å². The van der Waals surface area contributed by atoms with Gasteiger partial charge in [0.1, 0.15) is 23.3 Å². The van der Waals surface area contributed by atoms with Gasteiger partial charge in [0.2, 0.25) is 0 Å². The maximum absolute atomic E-state index is 13.8. The van der Waals surface area contributed by atoms with Gasteiger partial charge >= 0.3 is 0 Å². The predicted molar refractivity (Wildman–Crippen MR) is 95.0 cm³/mol. The normalized spacial score (nSPS) is 10.7. The van der Waals surface area contributed by atoms with Crippen molar-refractivity contribution in [2.24, 2.45) is 0 Å². The van der Waals surface area contributed by atoms with Gasteiger partial charge < -0.3 is 10.6 Å². The highest BCUT2D eigenvalue weighted by atomic mass is 19.2. The van der Waals surface area contributed by atoms with Crippen LogP contribution in [0.4, 0.5) is 34.9 Å². The number of hydrogen-bond acceptors (Lipinski definition) is 4. The van der Waals surface area contributed by atoms with Crippen LogP contribution in [0.15, 0.2) is 42.5 Å². The third kappa shape index (κ3) is 4.52. The molecule has 0 saturated carbocycles. The molecule has 0 unspecified atom stereocenters. The largest absolute Gasteiger partial charge is 0.370 e. The summed E-state index contributed by atoms with van der Waals surface area (Å²) >= 11 is 0. The Hall–Kier alpha value is -3.16. The Kier molecular flexibility index (Phi) is 5.54. The molecule has 0 aliphatic heterocycles. The van der Waals surface area contributed by atoms with Crippen molar-refractivity contribution in [2.75, 3.05) is 17.2 Å². The van der Waals surface area contributed by atoms with Crippen molar-refractivity contribution < 1.29 is 17.6 Å². The van der Waals surface area contributed by atoms with Gasteiger partial charge in [-0.3, -0.25) is 0 Å². The summed E-state index contributed by atoms with van der Waals surface area (Å²) < 4.78 is 53.8. The summed E-state index contributed by atoms with van der Waals surface area (Å²) in [6, 6.07) is 9.86. The van der Waals surface area contributed by atoms with E-state index in [-0.39, 0.29) is 17.3 Å². The lowest BCUT2D eigenvalue weighted by Crippen LogP contribution is -2.09. The summed E-state index contributed by atoms with van der Waals surface area (Å²) in [4.78, 5) is 8.30. The Morgan fingerprint density at radius 1 is 0.852 bits per heavy atom. The molecule has 0 radical (unpaired) electrons. The van der Waals surface area contributed by atoms with E-state index in [4.69, 9.17) is 0 Å². The summed E-state index contributed by atoms with van der Waals surface area (Å²) in [5, 5.41) is 5.64. The van der Waals surface area contributed by atoms with E-state index in [1.165, 1.54) is 12.1 Å². The number of aryl methyl sites for hydroxylation is 1. The van der Waals surface area contributed by atoms with E-state index in [1.54, 1.807) is 25.1 Å². The van der Waals surface area contributed by atoms with Crippen molar-refractivity contribution >= 4 is 17.3 Å². The molecule has 0 amide bonds. The first-order valence-corrected chi connectivity index (χ1v) is 8.17. The number of nitrogens with zero attached hydrogens (tertiary/aromatic N) is 2. The van der Waals surface area contributed by atoms with Crippen LogP contribution in [0.25, 0.3) is 0 Å². The second-order valence-corrected chi connectivity index (χ2v) is 5.80. The molecule has 1 aromatic heterocycles. The summed E-state index contributed by atoms with van der Waals surface area (Å²) in [6.07, 6.45) is 0.441. The summed E-state index contributed by atoms with van der Waals surface area (Å²) in [6.45, 7) is 2.05. The van der Waals surface area contributed by atoms with Crippen LogP contribution < -0.4 is 10.6 Å². The lowest BCUT2D eigenvalue weighted by molar-refractivity contribution is 0.449. The first-order valence-electron chi connectivity index (χ1n) is 8.17. The van der Waals surface area contributed by atoms with Gasteiger partial charge in [-0.2, -0.15) is 0 Å². The fraction of sp³-hybridized carbons (Fsp3) is 0.158. The van der Waals surface area contributed by atoms with Crippen molar-refractivity contribution in [1.29, 1.82) is 0 Å². The smallest absolute Gasteiger partial charge is 0.196 e. The zero-order valence-corrected chi connectivity index (χ0v) is 14.4. The Balaban J connectivity index is 1.71. The van der Waals surface area contributed by atoms with E-state index in [9.17, 15) is 17.6 Å². The lowest BCUT2D eigenvalue weighted by Gasteiger charge is -2.11. The summed E-state index contributed by atoms with van der Waals surface area (Å²) in [7, 11) is 0. The van der Waals surface area contributed by atoms with Crippen LogP contribution in [0.1, 0.15) is 11.4 Å². The van der Waals surface area contributed by atoms with Crippen molar-refractivity contribution in [3.05, 3.63) is 77.1 Å². The third-order valence-electron chi connectivity index (χ3n) is 3.79. The van der Waals surface area contributed by atoms with Crippen molar-refractivity contribution in [1.82, 2.24) is 9.97 Å². The summed E-state index contributed by atoms with van der Waals surface area (Å²) in [5.74, 6) is -3.42. The number of nitrogens with one attached hydrogen (secondary N) is 2. The van der Waals surface area contributed by atoms with Gasteiger partial charge in [0.05, 0.1) is 5.69 Å². The molecule has 0 spiro atoms. The first-order chi connectivity index (χ1) is 12.9. The zero-order chi connectivity index (χ0) is 19.4.